The van der Waals surface area contributed by atoms with Crippen LogP contribution in [0.1, 0.15) is 39.5 Å². The fourth-order valence-corrected chi connectivity index (χ4v) is 3.94. The first-order valence-corrected chi connectivity index (χ1v) is 7.73. The molecule has 0 bridgehead atoms. The second kappa shape index (κ2) is 6.36. The minimum atomic E-state index is 0.698. The SMILES string of the molecule is CNC1CCC(C)CC1N1CCCN(C)CC1C. The van der Waals surface area contributed by atoms with Gasteiger partial charge in [0.1, 0.15) is 0 Å². The lowest BCUT2D eigenvalue weighted by Crippen LogP contribution is -2.55. The van der Waals surface area contributed by atoms with Crippen LogP contribution in [0.4, 0.5) is 0 Å². The molecule has 1 heterocycles. The van der Waals surface area contributed by atoms with E-state index in [0.717, 1.165) is 12.0 Å². The normalized spacial score (nSPS) is 40.7. The van der Waals surface area contributed by atoms with Gasteiger partial charge in [0, 0.05) is 31.2 Å². The van der Waals surface area contributed by atoms with Crippen LogP contribution in [0, 0.1) is 5.92 Å². The van der Waals surface area contributed by atoms with Crippen LogP contribution >= 0.6 is 0 Å². The monoisotopic (exact) mass is 253 g/mol. The second-order valence-corrected chi connectivity index (χ2v) is 6.58. The van der Waals surface area contributed by atoms with Crippen LogP contribution in [0.25, 0.3) is 0 Å². The lowest BCUT2D eigenvalue weighted by atomic mass is 9.82. The molecule has 2 fully saturated rings. The molecule has 106 valence electrons. The second-order valence-electron chi connectivity index (χ2n) is 6.58. The number of likely N-dealkylation sites (N-methyl/N-ethyl adjacent to an activating group) is 2. The molecule has 3 nitrogen and oxygen atoms in total. The van der Waals surface area contributed by atoms with Gasteiger partial charge < -0.3 is 10.2 Å². The lowest BCUT2D eigenvalue weighted by Gasteiger charge is -2.44. The summed E-state index contributed by atoms with van der Waals surface area (Å²) in [6.07, 6.45) is 5.44. The molecule has 2 rings (SSSR count). The summed E-state index contributed by atoms with van der Waals surface area (Å²) < 4.78 is 0. The third-order valence-electron chi connectivity index (χ3n) is 4.97. The number of rotatable bonds is 2. The van der Waals surface area contributed by atoms with Gasteiger partial charge in [-0.05, 0) is 59.2 Å². The fourth-order valence-electron chi connectivity index (χ4n) is 3.94. The highest BCUT2D eigenvalue weighted by Gasteiger charge is 2.35. The zero-order valence-electron chi connectivity index (χ0n) is 12.7. The molecule has 0 radical (unpaired) electrons. The summed E-state index contributed by atoms with van der Waals surface area (Å²) in [5, 5.41) is 3.57. The van der Waals surface area contributed by atoms with Crippen molar-refractivity contribution in [1.82, 2.24) is 15.1 Å². The van der Waals surface area contributed by atoms with Crippen LogP contribution in [0.15, 0.2) is 0 Å². The van der Waals surface area contributed by atoms with Gasteiger partial charge in [-0.15, -0.1) is 0 Å². The van der Waals surface area contributed by atoms with Crippen molar-refractivity contribution in [2.45, 2.75) is 57.7 Å². The summed E-state index contributed by atoms with van der Waals surface area (Å²) in [5.74, 6) is 0.896. The molecule has 0 aromatic heterocycles. The number of hydrogen-bond acceptors (Lipinski definition) is 3. The Morgan fingerprint density at radius 2 is 1.89 bits per heavy atom. The van der Waals surface area contributed by atoms with Crippen molar-refractivity contribution in [3.05, 3.63) is 0 Å². The Kier molecular flexibility index (Phi) is 5.05. The Balaban J connectivity index is 2.06. The zero-order chi connectivity index (χ0) is 13.1. The van der Waals surface area contributed by atoms with Gasteiger partial charge in [0.25, 0.3) is 0 Å². The smallest absolute Gasteiger partial charge is 0.0255 e. The standard InChI is InChI=1S/C15H31N3/c1-12-6-7-14(16-3)15(10-12)18-9-5-8-17(4)11-13(18)2/h12-16H,5-11H2,1-4H3. The molecule has 0 aromatic rings. The first kappa shape index (κ1) is 14.3. The van der Waals surface area contributed by atoms with Crippen molar-refractivity contribution >= 4 is 0 Å². The quantitative estimate of drug-likeness (QED) is 0.809. The minimum absolute atomic E-state index is 0.698. The highest BCUT2D eigenvalue weighted by atomic mass is 15.3. The van der Waals surface area contributed by atoms with E-state index in [-0.39, 0.29) is 0 Å². The van der Waals surface area contributed by atoms with Crippen molar-refractivity contribution in [2.24, 2.45) is 5.92 Å². The Labute approximate surface area is 113 Å². The molecule has 0 amide bonds. The van der Waals surface area contributed by atoms with Gasteiger partial charge in [-0.2, -0.15) is 0 Å². The molecule has 2 aliphatic rings. The highest BCUT2D eigenvalue weighted by Crippen LogP contribution is 2.29. The fraction of sp³-hybridized carbons (Fsp3) is 1.00. The maximum Gasteiger partial charge on any atom is 0.0255 e. The van der Waals surface area contributed by atoms with E-state index in [1.807, 2.05) is 0 Å². The van der Waals surface area contributed by atoms with Crippen LogP contribution < -0.4 is 5.32 Å². The van der Waals surface area contributed by atoms with Gasteiger partial charge in [-0.3, -0.25) is 4.90 Å². The van der Waals surface area contributed by atoms with Gasteiger partial charge in [0.2, 0.25) is 0 Å². The first-order valence-electron chi connectivity index (χ1n) is 7.73. The van der Waals surface area contributed by atoms with E-state index in [4.69, 9.17) is 0 Å². The summed E-state index contributed by atoms with van der Waals surface area (Å²) in [5.41, 5.74) is 0. The summed E-state index contributed by atoms with van der Waals surface area (Å²) >= 11 is 0. The molecule has 1 aliphatic carbocycles. The van der Waals surface area contributed by atoms with E-state index in [0.29, 0.717) is 12.1 Å². The predicted octanol–water partition coefficient (Wildman–Crippen LogP) is 1.79. The number of hydrogen-bond donors (Lipinski definition) is 1. The van der Waals surface area contributed by atoms with Crippen molar-refractivity contribution < 1.29 is 0 Å². The summed E-state index contributed by atoms with van der Waals surface area (Å²) in [4.78, 5) is 5.28. The van der Waals surface area contributed by atoms with Crippen molar-refractivity contribution in [3.8, 4) is 0 Å². The van der Waals surface area contributed by atoms with Gasteiger partial charge in [-0.1, -0.05) is 6.92 Å². The van der Waals surface area contributed by atoms with E-state index < -0.39 is 0 Å². The molecule has 1 aliphatic heterocycles. The largest absolute Gasteiger partial charge is 0.315 e. The Bertz CT molecular complexity index is 256. The molecule has 18 heavy (non-hydrogen) atoms. The van der Waals surface area contributed by atoms with Gasteiger partial charge in [0.15, 0.2) is 0 Å². The van der Waals surface area contributed by atoms with E-state index in [1.54, 1.807) is 0 Å². The molecule has 4 unspecified atom stereocenters. The molecular weight excluding hydrogens is 222 g/mol. The molecule has 4 atom stereocenters. The van der Waals surface area contributed by atoms with E-state index >= 15 is 0 Å². The average molecular weight is 253 g/mol. The van der Waals surface area contributed by atoms with Gasteiger partial charge in [-0.25, -0.2) is 0 Å². The van der Waals surface area contributed by atoms with Crippen molar-refractivity contribution in [3.63, 3.8) is 0 Å². The molecular formula is C15H31N3. The molecule has 1 N–H and O–H groups in total. The Morgan fingerprint density at radius 3 is 2.61 bits per heavy atom. The zero-order valence-corrected chi connectivity index (χ0v) is 12.7. The summed E-state index contributed by atoms with van der Waals surface area (Å²) in [6, 6.07) is 2.15. The van der Waals surface area contributed by atoms with Gasteiger partial charge in [0.05, 0.1) is 0 Å². The highest BCUT2D eigenvalue weighted by molar-refractivity contribution is 4.92. The predicted molar refractivity (Wildman–Crippen MR) is 77.9 cm³/mol. The maximum atomic E-state index is 3.57. The van der Waals surface area contributed by atoms with Crippen LogP contribution in [0.2, 0.25) is 0 Å². The Hall–Kier alpha value is -0.120. The van der Waals surface area contributed by atoms with Crippen LogP contribution in [0.5, 0.6) is 0 Å². The topological polar surface area (TPSA) is 18.5 Å². The average Bonchev–Trinajstić information content (AvgIpc) is 2.50. The van der Waals surface area contributed by atoms with Crippen molar-refractivity contribution in [2.75, 3.05) is 33.7 Å². The molecule has 3 heteroatoms. The minimum Gasteiger partial charge on any atom is -0.315 e. The molecule has 1 saturated carbocycles. The number of nitrogens with one attached hydrogen (secondary N) is 1. The van der Waals surface area contributed by atoms with E-state index in [9.17, 15) is 0 Å². The van der Waals surface area contributed by atoms with Crippen LogP contribution in [-0.2, 0) is 0 Å². The lowest BCUT2D eigenvalue weighted by molar-refractivity contribution is 0.0730. The molecule has 1 saturated heterocycles. The van der Waals surface area contributed by atoms with Crippen LogP contribution in [0.3, 0.4) is 0 Å². The van der Waals surface area contributed by atoms with E-state index in [2.05, 4.69) is 43.1 Å². The van der Waals surface area contributed by atoms with E-state index in [1.165, 1.54) is 45.3 Å². The summed E-state index contributed by atoms with van der Waals surface area (Å²) in [6.45, 7) is 8.59. The third kappa shape index (κ3) is 3.25. The van der Waals surface area contributed by atoms with Crippen LogP contribution in [-0.4, -0.2) is 61.7 Å². The maximum absolute atomic E-state index is 3.57. The first-order chi connectivity index (χ1) is 8.61. The number of nitrogens with zero attached hydrogens (tertiary/aromatic N) is 2. The summed E-state index contributed by atoms with van der Waals surface area (Å²) in [7, 11) is 4.40. The Morgan fingerprint density at radius 1 is 1.11 bits per heavy atom. The van der Waals surface area contributed by atoms with Crippen molar-refractivity contribution in [1.29, 1.82) is 0 Å². The third-order valence-corrected chi connectivity index (χ3v) is 4.97. The molecule has 0 spiro atoms. The molecule has 0 aromatic carbocycles. The van der Waals surface area contributed by atoms with Gasteiger partial charge >= 0.3 is 0 Å².